The van der Waals surface area contributed by atoms with Crippen molar-refractivity contribution in [3.63, 3.8) is 0 Å². The molecule has 0 bridgehead atoms. The Hall–Kier alpha value is -1.50. The van der Waals surface area contributed by atoms with Gasteiger partial charge in [-0.25, -0.2) is 4.79 Å². The van der Waals surface area contributed by atoms with Crippen LogP contribution in [0.2, 0.25) is 0 Å². The molecule has 1 aliphatic rings. The van der Waals surface area contributed by atoms with E-state index in [4.69, 9.17) is 0 Å². The van der Waals surface area contributed by atoms with Crippen LogP contribution in [0.3, 0.4) is 0 Å². The topological polar surface area (TPSA) is 92.2 Å². The smallest absolute Gasteiger partial charge is 0.329 e. The van der Waals surface area contributed by atoms with E-state index in [-0.39, 0.29) is 5.91 Å². The van der Waals surface area contributed by atoms with Crippen LogP contribution in [0.15, 0.2) is 0 Å². The van der Waals surface area contributed by atoms with Crippen LogP contribution in [0.4, 0.5) is 0 Å². The molecule has 0 aromatic carbocycles. The zero-order chi connectivity index (χ0) is 12.5. The molecule has 2 N–H and O–H groups in total. The average Bonchev–Trinajstić information content (AvgIpc) is 2.87. The minimum Gasteiger partial charge on any atom is -0.480 e. The molecule has 1 aromatic heterocycles. The summed E-state index contributed by atoms with van der Waals surface area (Å²) in [5, 5.41) is 15.6. The molecule has 1 amide bonds. The second-order valence-electron chi connectivity index (χ2n) is 4.24. The summed E-state index contributed by atoms with van der Waals surface area (Å²) in [5.74, 6) is -1.35. The number of nitrogens with zero attached hydrogens (tertiary/aromatic N) is 2. The molecule has 1 aromatic rings. The maximum atomic E-state index is 11.9. The summed E-state index contributed by atoms with van der Waals surface area (Å²) in [5.41, 5.74) is -0.570. The van der Waals surface area contributed by atoms with Gasteiger partial charge in [0.15, 0.2) is 0 Å². The van der Waals surface area contributed by atoms with E-state index in [2.05, 4.69) is 14.9 Å². The summed E-state index contributed by atoms with van der Waals surface area (Å²) in [6, 6.07) is 0. The Labute approximate surface area is 102 Å². The van der Waals surface area contributed by atoms with Crippen LogP contribution in [0.25, 0.3) is 0 Å². The Balaban J connectivity index is 2.17. The minimum atomic E-state index is -1.10. The van der Waals surface area contributed by atoms with Gasteiger partial charge in [0.05, 0.1) is 5.69 Å². The summed E-state index contributed by atoms with van der Waals surface area (Å²) in [4.78, 5) is 23.6. The second-order valence-corrected chi connectivity index (χ2v) is 4.99. The first-order valence-corrected chi connectivity index (χ1v) is 6.17. The lowest BCUT2D eigenvalue weighted by molar-refractivity contribution is -0.144. The van der Waals surface area contributed by atoms with E-state index in [9.17, 15) is 14.7 Å². The predicted molar refractivity (Wildman–Crippen MR) is 60.9 cm³/mol. The standard InChI is InChI=1S/C10H13N3O3S/c1-6-7(17-13-12-6)8(14)11-10(9(15)16)4-2-3-5-10/h2-5H2,1H3,(H,11,14)(H,15,16). The van der Waals surface area contributed by atoms with Gasteiger partial charge in [0.25, 0.3) is 5.91 Å². The number of aromatic nitrogens is 2. The zero-order valence-electron chi connectivity index (χ0n) is 9.39. The summed E-state index contributed by atoms with van der Waals surface area (Å²) in [7, 11) is 0. The van der Waals surface area contributed by atoms with E-state index < -0.39 is 11.5 Å². The molecule has 7 heteroatoms. The first-order chi connectivity index (χ1) is 8.05. The van der Waals surface area contributed by atoms with E-state index in [0.29, 0.717) is 23.4 Å². The number of rotatable bonds is 3. The van der Waals surface area contributed by atoms with Gasteiger partial charge in [0.1, 0.15) is 10.4 Å². The third-order valence-electron chi connectivity index (χ3n) is 3.08. The molecule has 6 nitrogen and oxygen atoms in total. The van der Waals surface area contributed by atoms with Crippen molar-refractivity contribution in [1.82, 2.24) is 14.9 Å². The molecule has 92 valence electrons. The van der Waals surface area contributed by atoms with Gasteiger partial charge < -0.3 is 10.4 Å². The summed E-state index contributed by atoms with van der Waals surface area (Å²) < 4.78 is 3.67. The van der Waals surface area contributed by atoms with Crippen molar-refractivity contribution in [2.75, 3.05) is 0 Å². The lowest BCUT2D eigenvalue weighted by atomic mass is 9.98. The molecule has 0 unspecified atom stereocenters. The number of hydrogen-bond acceptors (Lipinski definition) is 5. The fourth-order valence-electron chi connectivity index (χ4n) is 2.08. The Morgan fingerprint density at radius 3 is 2.53 bits per heavy atom. The van der Waals surface area contributed by atoms with Crippen LogP contribution in [0.1, 0.15) is 41.0 Å². The third-order valence-corrected chi connectivity index (χ3v) is 3.90. The predicted octanol–water partition coefficient (Wildman–Crippen LogP) is 0.974. The number of carboxylic acid groups (broad SMARTS) is 1. The zero-order valence-corrected chi connectivity index (χ0v) is 10.2. The fourth-order valence-corrected chi connectivity index (χ4v) is 2.64. The van der Waals surface area contributed by atoms with E-state index in [0.717, 1.165) is 24.4 Å². The number of aryl methyl sites for hydroxylation is 1. The summed E-state index contributed by atoms with van der Waals surface area (Å²) >= 11 is 0.985. The highest BCUT2D eigenvalue weighted by molar-refractivity contribution is 7.08. The van der Waals surface area contributed by atoms with Crippen molar-refractivity contribution in [2.24, 2.45) is 0 Å². The average molecular weight is 255 g/mol. The Kier molecular flexibility index (Phi) is 3.10. The molecule has 1 aliphatic carbocycles. The van der Waals surface area contributed by atoms with Crippen molar-refractivity contribution in [3.8, 4) is 0 Å². The van der Waals surface area contributed by atoms with Crippen LogP contribution in [-0.2, 0) is 4.79 Å². The van der Waals surface area contributed by atoms with Gasteiger partial charge in [-0.3, -0.25) is 4.79 Å². The minimum absolute atomic E-state index is 0.387. The largest absolute Gasteiger partial charge is 0.480 e. The van der Waals surface area contributed by atoms with Gasteiger partial charge in [-0.1, -0.05) is 17.3 Å². The van der Waals surface area contributed by atoms with Crippen LogP contribution >= 0.6 is 11.5 Å². The molecule has 1 fully saturated rings. The number of hydrogen-bond donors (Lipinski definition) is 2. The van der Waals surface area contributed by atoms with Crippen molar-refractivity contribution in [1.29, 1.82) is 0 Å². The van der Waals surface area contributed by atoms with Crippen LogP contribution in [0.5, 0.6) is 0 Å². The van der Waals surface area contributed by atoms with Crippen LogP contribution in [0, 0.1) is 6.92 Å². The van der Waals surface area contributed by atoms with Gasteiger partial charge in [0, 0.05) is 0 Å². The normalized spacial score (nSPS) is 17.9. The van der Waals surface area contributed by atoms with Gasteiger partial charge in [-0.05, 0) is 31.3 Å². The van der Waals surface area contributed by atoms with Crippen LogP contribution < -0.4 is 5.32 Å². The Bertz CT molecular complexity index is 451. The van der Waals surface area contributed by atoms with Gasteiger partial charge >= 0.3 is 5.97 Å². The van der Waals surface area contributed by atoms with Crippen LogP contribution in [-0.4, -0.2) is 32.1 Å². The molecule has 1 heterocycles. The number of aliphatic carboxylic acids is 1. The lowest BCUT2D eigenvalue weighted by Crippen LogP contribution is -2.52. The summed E-state index contributed by atoms with van der Waals surface area (Å²) in [6.07, 6.45) is 2.62. The molecule has 2 rings (SSSR count). The molecule has 0 spiro atoms. The second kappa shape index (κ2) is 4.40. The first-order valence-electron chi connectivity index (χ1n) is 5.40. The molecule has 1 saturated carbocycles. The molecular weight excluding hydrogens is 242 g/mol. The SMILES string of the molecule is Cc1nnsc1C(=O)NC1(C(=O)O)CCCC1. The number of carbonyl (C=O) groups excluding carboxylic acids is 1. The monoisotopic (exact) mass is 255 g/mol. The maximum Gasteiger partial charge on any atom is 0.329 e. The van der Waals surface area contributed by atoms with Crippen molar-refractivity contribution < 1.29 is 14.7 Å². The molecular formula is C10H13N3O3S. The van der Waals surface area contributed by atoms with Crippen molar-refractivity contribution in [3.05, 3.63) is 10.6 Å². The molecule has 17 heavy (non-hydrogen) atoms. The van der Waals surface area contributed by atoms with E-state index >= 15 is 0 Å². The highest BCUT2D eigenvalue weighted by atomic mass is 32.1. The number of nitrogens with one attached hydrogen (secondary N) is 1. The Morgan fingerprint density at radius 2 is 2.06 bits per heavy atom. The number of amides is 1. The molecule has 0 saturated heterocycles. The van der Waals surface area contributed by atoms with E-state index in [1.54, 1.807) is 6.92 Å². The highest BCUT2D eigenvalue weighted by Gasteiger charge is 2.43. The van der Waals surface area contributed by atoms with E-state index in [1.807, 2.05) is 0 Å². The lowest BCUT2D eigenvalue weighted by Gasteiger charge is -2.24. The van der Waals surface area contributed by atoms with Crippen molar-refractivity contribution in [2.45, 2.75) is 38.1 Å². The summed E-state index contributed by atoms with van der Waals surface area (Å²) in [6.45, 7) is 1.68. The van der Waals surface area contributed by atoms with Crippen molar-refractivity contribution >= 4 is 23.4 Å². The quantitative estimate of drug-likeness (QED) is 0.839. The molecule has 0 aliphatic heterocycles. The number of carboxylic acids is 1. The van der Waals surface area contributed by atoms with E-state index in [1.165, 1.54) is 0 Å². The highest BCUT2D eigenvalue weighted by Crippen LogP contribution is 2.30. The first kappa shape index (κ1) is 12.0. The van der Waals surface area contributed by atoms with Gasteiger partial charge in [0.2, 0.25) is 0 Å². The molecule has 0 radical (unpaired) electrons. The van der Waals surface area contributed by atoms with Gasteiger partial charge in [-0.2, -0.15) is 0 Å². The maximum absolute atomic E-state index is 11.9. The third kappa shape index (κ3) is 2.14. The number of carbonyl (C=O) groups is 2. The molecule has 0 atom stereocenters. The fraction of sp³-hybridized carbons (Fsp3) is 0.600. The van der Waals surface area contributed by atoms with Gasteiger partial charge in [-0.15, -0.1) is 5.10 Å². The Morgan fingerprint density at radius 1 is 1.41 bits per heavy atom.